The predicted molar refractivity (Wildman–Crippen MR) is 92.6 cm³/mol. The summed E-state index contributed by atoms with van der Waals surface area (Å²) in [6.07, 6.45) is -0.0567. The molecule has 1 atom stereocenters. The number of rotatable bonds is 7. The van der Waals surface area contributed by atoms with E-state index in [9.17, 15) is 14.4 Å². The monoisotopic (exact) mass is 359 g/mol. The highest BCUT2D eigenvalue weighted by atomic mass is 32.2. The summed E-state index contributed by atoms with van der Waals surface area (Å²) < 4.78 is 4.87. The van der Waals surface area contributed by atoms with E-state index >= 15 is 0 Å². The number of nitrogens with one attached hydrogen (secondary N) is 1. The molecule has 2 rings (SSSR count). The van der Waals surface area contributed by atoms with Crippen LogP contribution in [0.1, 0.15) is 13.3 Å². The van der Waals surface area contributed by atoms with E-state index in [2.05, 4.69) is 0 Å². The summed E-state index contributed by atoms with van der Waals surface area (Å²) >= 11 is 1.45. The lowest BCUT2D eigenvalue weighted by molar-refractivity contribution is -0.148. The molecule has 0 aromatic heterocycles. The number of carbonyl (C=O) groups excluding carboxylic acids is 3. The van der Waals surface area contributed by atoms with Crippen molar-refractivity contribution in [2.45, 2.75) is 18.2 Å². The summed E-state index contributed by atoms with van der Waals surface area (Å²) in [4.78, 5) is 38.2. The van der Waals surface area contributed by atoms with Gasteiger partial charge >= 0.3 is 5.97 Å². The minimum Gasteiger partial charge on any atom is -0.458 e. The van der Waals surface area contributed by atoms with E-state index in [0.717, 1.165) is 10.6 Å². The molecule has 1 aliphatic heterocycles. The van der Waals surface area contributed by atoms with Gasteiger partial charge in [-0.05, 0) is 19.1 Å². The van der Waals surface area contributed by atoms with E-state index in [0.29, 0.717) is 5.75 Å². The molecule has 1 amide bonds. The van der Waals surface area contributed by atoms with Crippen LogP contribution in [0.2, 0.25) is 0 Å². The maximum Gasteiger partial charge on any atom is 0.308 e. The third-order valence-corrected chi connectivity index (χ3v) is 4.65. The van der Waals surface area contributed by atoms with Gasteiger partial charge in [0.05, 0.1) is 23.9 Å². The van der Waals surface area contributed by atoms with E-state index in [-0.39, 0.29) is 24.6 Å². The second-order valence-corrected chi connectivity index (χ2v) is 6.44. The van der Waals surface area contributed by atoms with Crippen LogP contribution in [-0.2, 0) is 19.1 Å². The molecule has 0 saturated carbocycles. The summed E-state index contributed by atoms with van der Waals surface area (Å²) in [7, 11) is 0. The first-order valence-electron chi connectivity index (χ1n) is 7.59. The van der Waals surface area contributed by atoms with Crippen molar-refractivity contribution >= 4 is 40.8 Å². The van der Waals surface area contributed by atoms with Crippen LogP contribution in [-0.4, -0.2) is 42.3 Å². The summed E-state index contributed by atoms with van der Waals surface area (Å²) in [5.74, 6) is -2.22. The van der Waals surface area contributed by atoms with Crippen LogP contribution in [0.25, 0.3) is 0 Å². The lowest BCUT2D eigenvalue weighted by Crippen LogP contribution is -2.37. The number of Topliss-reactive ketones (excluding diaryl/α,β-unsaturated/α-hetero) is 1. The number of esters is 1. The SMILES string of the molecule is CC(=N)C(C#N)C(=O)COC(=O)CCN1C(=O)CSc2ccccc21. The van der Waals surface area contributed by atoms with Gasteiger partial charge in [0.15, 0.2) is 12.4 Å². The number of nitrogens with zero attached hydrogens (tertiary/aromatic N) is 2. The fraction of sp³-hybridized carbons (Fsp3) is 0.353. The van der Waals surface area contributed by atoms with Crippen molar-refractivity contribution in [1.82, 2.24) is 0 Å². The van der Waals surface area contributed by atoms with E-state index in [4.69, 9.17) is 15.4 Å². The van der Waals surface area contributed by atoms with E-state index in [1.165, 1.54) is 23.6 Å². The summed E-state index contributed by atoms with van der Waals surface area (Å²) in [6.45, 7) is 0.966. The van der Waals surface area contributed by atoms with Gasteiger partial charge in [-0.25, -0.2) is 0 Å². The van der Waals surface area contributed by atoms with Crippen molar-refractivity contribution in [1.29, 1.82) is 10.7 Å². The van der Waals surface area contributed by atoms with Crippen LogP contribution in [0.5, 0.6) is 0 Å². The number of nitriles is 1. The second-order valence-electron chi connectivity index (χ2n) is 5.42. The molecule has 25 heavy (non-hydrogen) atoms. The largest absolute Gasteiger partial charge is 0.458 e. The van der Waals surface area contributed by atoms with Crippen LogP contribution in [0.15, 0.2) is 29.2 Å². The highest BCUT2D eigenvalue weighted by Gasteiger charge is 2.25. The number of amides is 1. The zero-order chi connectivity index (χ0) is 18.4. The van der Waals surface area contributed by atoms with Crippen molar-refractivity contribution in [2.75, 3.05) is 23.8 Å². The number of benzene rings is 1. The first-order valence-corrected chi connectivity index (χ1v) is 8.57. The van der Waals surface area contributed by atoms with Crippen LogP contribution in [0, 0.1) is 22.7 Å². The molecular weight excluding hydrogens is 342 g/mol. The highest BCUT2D eigenvalue weighted by molar-refractivity contribution is 8.00. The van der Waals surface area contributed by atoms with Crippen molar-refractivity contribution < 1.29 is 19.1 Å². The van der Waals surface area contributed by atoms with Crippen molar-refractivity contribution in [3.63, 3.8) is 0 Å². The van der Waals surface area contributed by atoms with E-state index in [1.54, 1.807) is 6.07 Å². The molecule has 0 spiro atoms. The Hall–Kier alpha value is -2.66. The zero-order valence-electron chi connectivity index (χ0n) is 13.7. The topological polar surface area (TPSA) is 111 Å². The number of hydrogen-bond acceptors (Lipinski definition) is 7. The Kier molecular flexibility index (Phi) is 6.31. The zero-order valence-corrected chi connectivity index (χ0v) is 14.5. The Balaban J connectivity index is 1.88. The fourth-order valence-electron chi connectivity index (χ4n) is 2.32. The van der Waals surface area contributed by atoms with Gasteiger partial charge in [-0.2, -0.15) is 5.26 Å². The summed E-state index contributed by atoms with van der Waals surface area (Å²) in [5, 5.41) is 16.2. The van der Waals surface area contributed by atoms with Gasteiger partial charge in [0, 0.05) is 17.2 Å². The van der Waals surface area contributed by atoms with Gasteiger partial charge in [0.2, 0.25) is 5.91 Å². The third-order valence-electron chi connectivity index (χ3n) is 3.61. The summed E-state index contributed by atoms with van der Waals surface area (Å²) in [5.41, 5.74) is 0.674. The lowest BCUT2D eigenvalue weighted by Gasteiger charge is -2.28. The van der Waals surface area contributed by atoms with Crippen LogP contribution < -0.4 is 4.90 Å². The molecule has 0 radical (unpaired) electrons. The standard InChI is InChI=1S/C17H17N3O4S/c1-11(19)12(8-18)14(21)9-24-17(23)6-7-20-13-4-2-3-5-15(13)25-10-16(20)22/h2-5,12,19H,6-7,9-10H2,1H3. The molecule has 8 heteroatoms. The van der Waals surface area contributed by atoms with Gasteiger partial charge in [0.25, 0.3) is 0 Å². The van der Waals surface area contributed by atoms with Crippen molar-refractivity contribution in [3.05, 3.63) is 24.3 Å². The number of ketones is 1. The number of fused-ring (bicyclic) bond motifs is 1. The fourth-order valence-corrected chi connectivity index (χ4v) is 3.26. The molecule has 0 fully saturated rings. The third kappa shape index (κ3) is 4.67. The van der Waals surface area contributed by atoms with Gasteiger partial charge in [0.1, 0.15) is 5.92 Å². The molecule has 1 aliphatic rings. The predicted octanol–water partition coefficient (Wildman–Crippen LogP) is 1.81. The minimum absolute atomic E-state index is 0.0567. The molecule has 1 aromatic carbocycles. The van der Waals surface area contributed by atoms with Gasteiger partial charge in [-0.15, -0.1) is 11.8 Å². The molecule has 1 unspecified atom stereocenters. The smallest absolute Gasteiger partial charge is 0.308 e. The Bertz CT molecular complexity index is 757. The molecule has 0 bridgehead atoms. The van der Waals surface area contributed by atoms with Gasteiger partial charge in [-0.1, -0.05) is 12.1 Å². The van der Waals surface area contributed by atoms with E-state index < -0.39 is 24.3 Å². The summed E-state index contributed by atoms with van der Waals surface area (Å²) in [6, 6.07) is 9.15. The highest BCUT2D eigenvalue weighted by Crippen LogP contribution is 2.34. The number of ether oxygens (including phenoxy) is 1. The molecular formula is C17H17N3O4S. The van der Waals surface area contributed by atoms with Crippen LogP contribution in [0.3, 0.4) is 0 Å². The number of anilines is 1. The van der Waals surface area contributed by atoms with E-state index in [1.807, 2.05) is 24.3 Å². The Morgan fingerprint density at radius 1 is 1.44 bits per heavy atom. The Labute approximate surface area is 149 Å². The molecule has 7 nitrogen and oxygen atoms in total. The van der Waals surface area contributed by atoms with Crippen molar-refractivity contribution in [3.8, 4) is 6.07 Å². The maximum atomic E-state index is 12.1. The Morgan fingerprint density at radius 2 is 2.16 bits per heavy atom. The molecule has 0 saturated heterocycles. The van der Waals surface area contributed by atoms with Gasteiger partial charge < -0.3 is 15.0 Å². The molecule has 0 aliphatic carbocycles. The first kappa shape index (κ1) is 18.7. The van der Waals surface area contributed by atoms with Crippen LogP contribution >= 0.6 is 11.8 Å². The average Bonchev–Trinajstić information content (AvgIpc) is 2.59. The number of carbonyl (C=O) groups is 3. The minimum atomic E-state index is -1.19. The van der Waals surface area contributed by atoms with Crippen molar-refractivity contribution in [2.24, 2.45) is 5.92 Å². The molecule has 1 N–H and O–H groups in total. The number of hydrogen-bond donors (Lipinski definition) is 1. The number of thioether (sulfide) groups is 1. The maximum absolute atomic E-state index is 12.1. The molecule has 130 valence electrons. The second kappa shape index (κ2) is 8.44. The van der Waals surface area contributed by atoms with Crippen LogP contribution in [0.4, 0.5) is 5.69 Å². The first-order chi connectivity index (χ1) is 11.9. The number of para-hydroxylation sites is 1. The van der Waals surface area contributed by atoms with Gasteiger partial charge in [-0.3, -0.25) is 14.4 Å². The molecule has 1 heterocycles. The normalized spacial score (nSPS) is 14.2. The Morgan fingerprint density at radius 3 is 2.84 bits per heavy atom. The average molecular weight is 359 g/mol. The lowest BCUT2D eigenvalue weighted by atomic mass is 10.0. The molecule has 1 aromatic rings. The quantitative estimate of drug-likeness (QED) is 0.587.